The van der Waals surface area contributed by atoms with Gasteiger partial charge in [-0.15, -0.1) is 0 Å². The van der Waals surface area contributed by atoms with Crippen LogP contribution in [0.3, 0.4) is 0 Å². The maximum Gasteiger partial charge on any atom is 0.375 e. The minimum absolute atomic E-state index is 0.0151. The van der Waals surface area contributed by atoms with Crippen LogP contribution in [0.25, 0.3) is 11.0 Å². The average molecular weight is 304 g/mol. The second-order valence-electron chi connectivity index (χ2n) is 5.07. The highest BCUT2D eigenvalue weighted by Gasteiger charge is 2.29. The first-order valence-electron chi connectivity index (χ1n) is 6.68. The Bertz CT molecular complexity index is 687. The Morgan fingerprint density at radius 3 is 2.50 bits per heavy atom. The molecule has 0 unspecified atom stereocenters. The van der Waals surface area contributed by atoms with Crippen molar-refractivity contribution in [1.29, 1.82) is 0 Å². The Labute approximate surface area is 126 Å². The smallest absolute Gasteiger partial charge is 0.375 e. The topological polar surface area (TPSA) is 112 Å². The number of ether oxygens (including phenoxy) is 1. The number of esters is 1. The number of hydrogen-bond donors (Lipinski definition) is 2. The number of primary amides is 1. The van der Waals surface area contributed by atoms with Gasteiger partial charge in [0.25, 0.3) is 5.91 Å². The minimum Gasteiger partial charge on any atom is -0.449 e. The Morgan fingerprint density at radius 1 is 1.23 bits per heavy atom. The van der Waals surface area contributed by atoms with Gasteiger partial charge in [0.15, 0.2) is 6.10 Å². The van der Waals surface area contributed by atoms with Gasteiger partial charge in [-0.2, -0.15) is 0 Å². The van der Waals surface area contributed by atoms with Gasteiger partial charge in [0.05, 0.1) is 0 Å². The summed E-state index contributed by atoms with van der Waals surface area (Å²) in [5, 5.41) is 2.65. The van der Waals surface area contributed by atoms with Gasteiger partial charge in [0, 0.05) is 5.39 Å². The summed E-state index contributed by atoms with van der Waals surface area (Å²) in [6.45, 7) is 3.36. The van der Waals surface area contributed by atoms with E-state index in [0.717, 1.165) is 5.39 Å². The summed E-state index contributed by atoms with van der Waals surface area (Å²) in [6.07, 6.45) is -1.15. The van der Waals surface area contributed by atoms with Gasteiger partial charge in [0.1, 0.15) is 5.58 Å². The molecule has 116 valence electrons. The lowest BCUT2D eigenvalue weighted by Crippen LogP contribution is -2.45. The molecule has 1 aromatic heterocycles. The molecule has 0 spiro atoms. The van der Waals surface area contributed by atoms with Crippen molar-refractivity contribution in [2.75, 3.05) is 0 Å². The van der Waals surface area contributed by atoms with Crippen LogP contribution in [0.4, 0.5) is 4.79 Å². The molecule has 0 aliphatic rings. The number of benzene rings is 1. The molecule has 0 bridgehead atoms. The van der Waals surface area contributed by atoms with E-state index in [4.69, 9.17) is 14.9 Å². The Morgan fingerprint density at radius 2 is 1.91 bits per heavy atom. The zero-order valence-electron chi connectivity index (χ0n) is 12.2. The van der Waals surface area contributed by atoms with Crippen LogP contribution in [0.15, 0.2) is 34.7 Å². The summed E-state index contributed by atoms with van der Waals surface area (Å²) in [5.74, 6) is -1.91. The van der Waals surface area contributed by atoms with Gasteiger partial charge in [-0.05, 0) is 18.1 Å². The summed E-state index contributed by atoms with van der Waals surface area (Å²) in [6, 6.07) is 7.61. The van der Waals surface area contributed by atoms with E-state index < -0.39 is 24.0 Å². The molecule has 0 saturated carbocycles. The highest BCUT2D eigenvalue weighted by Crippen LogP contribution is 2.20. The molecule has 3 amide bonds. The number of urea groups is 1. The first-order chi connectivity index (χ1) is 10.4. The molecule has 1 heterocycles. The SMILES string of the molecule is CC(C)[C@@H](OC(=O)c1cc2ccccc2o1)C(=O)NC(N)=O. The molecule has 0 aliphatic carbocycles. The number of nitrogens with one attached hydrogen (secondary N) is 1. The molecule has 7 heteroatoms. The molecule has 7 nitrogen and oxygen atoms in total. The predicted octanol–water partition coefficient (Wildman–Crippen LogP) is 1.81. The number of imide groups is 1. The van der Waals surface area contributed by atoms with Crippen LogP contribution in [-0.4, -0.2) is 24.0 Å². The van der Waals surface area contributed by atoms with Gasteiger partial charge in [-0.3, -0.25) is 10.1 Å². The maximum atomic E-state index is 12.1. The van der Waals surface area contributed by atoms with Crippen molar-refractivity contribution in [2.45, 2.75) is 20.0 Å². The van der Waals surface area contributed by atoms with E-state index in [1.54, 1.807) is 32.0 Å². The Balaban J connectivity index is 2.17. The van der Waals surface area contributed by atoms with Crippen molar-refractivity contribution < 1.29 is 23.5 Å². The third-order valence-electron chi connectivity index (χ3n) is 2.97. The monoisotopic (exact) mass is 304 g/mol. The summed E-state index contributed by atoms with van der Waals surface area (Å²) in [7, 11) is 0. The second-order valence-corrected chi connectivity index (χ2v) is 5.07. The van der Waals surface area contributed by atoms with E-state index in [9.17, 15) is 14.4 Å². The van der Waals surface area contributed by atoms with Crippen molar-refractivity contribution in [3.05, 3.63) is 36.1 Å². The number of para-hydroxylation sites is 1. The highest BCUT2D eigenvalue weighted by atomic mass is 16.6. The van der Waals surface area contributed by atoms with Crippen LogP contribution in [0.5, 0.6) is 0 Å². The van der Waals surface area contributed by atoms with E-state index in [1.807, 2.05) is 11.4 Å². The number of amides is 3. The van der Waals surface area contributed by atoms with Crippen LogP contribution in [0.1, 0.15) is 24.4 Å². The van der Waals surface area contributed by atoms with Crippen molar-refractivity contribution in [3.63, 3.8) is 0 Å². The average Bonchev–Trinajstić information content (AvgIpc) is 2.87. The summed E-state index contributed by atoms with van der Waals surface area (Å²) < 4.78 is 10.5. The molecular weight excluding hydrogens is 288 g/mol. The molecule has 2 aromatic rings. The molecule has 0 aliphatic heterocycles. The normalized spacial score (nSPS) is 12.1. The number of rotatable bonds is 4. The van der Waals surface area contributed by atoms with Crippen LogP contribution < -0.4 is 11.1 Å². The first kappa shape index (κ1) is 15.6. The van der Waals surface area contributed by atoms with Crippen LogP contribution in [0, 0.1) is 5.92 Å². The molecule has 1 aromatic carbocycles. The molecule has 2 rings (SSSR count). The number of nitrogens with two attached hydrogens (primary N) is 1. The minimum atomic E-state index is -1.15. The zero-order chi connectivity index (χ0) is 16.3. The number of fused-ring (bicyclic) bond motifs is 1. The number of furan rings is 1. The molecule has 22 heavy (non-hydrogen) atoms. The van der Waals surface area contributed by atoms with Crippen LogP contribution in [0.2, 0.25) is 0 Å². The molecule has 0 saturated heterocycles. The van der Waals surface area contributed by atoms with E-state index in [0.29, 0.717) is 5.58 Å². The fraction of sp³-hybridized carbons (Fsp3) is 0.267. The van der Waals surface area contributed by atoms with Gasteiger partial charge >= 0.3 is 12.0 Å². The highest BCUT2D eigenvalue weighted by molar-refractivity contribution is 5.98. The van der Waals surface area contributed by atoms with Gasteiger partial charge in [-0.25, -0.2) is 9.59 Å². The standard InChI is InChI=1S/C15H16N2O5/c1-8(2)12(13(18)17-15(16)20)22-14(19)11-7-9-5-3-4-6-10(9)21-11/h3-8,12H,1-2H3,(H3,16,17,18,20)/t12-/m1/s1. The molecule has 0 radical (unpaired) electrons. The first-order valence-corrected chi connectivity index (χ1v) is 6.68. The molecule has 0 fully saturated rings. The summed E-state index contributed by atoms with van der Waals surface area (Å²) in [4.78, 5) is 34.7. The maximum absolute atomic E-state index is 12.1. The lowest BCUT2D eigenvalue weighted by atomic mass is 10.1. The lowest BCUT2D eigenvalue weighted by Gasteiger charge is -2.19. The van der Waals surface area contributed by atoms with Crippen LogP contribution in [-0.2, 0) is 9.53 Å². The second kappa shape index (κ2) is 6.30. The lowest BCUT2D eigenvalue weighted by molar-refractivity contribution is -0.131. The third kappa shape index (κ3) is 3.43. The van der Waals surface area contributed by atoms with Gasteiger partial charge in [-0.1, -0.05) is 32.0 Å². The third-order valence-corrected chi connectivity index (χ3v) is 2.97. The van der Waals surface area contributed by atoms with Crippen molar-refractivity contribution in [1.82, 2.24) is 5.32 Å². The summed E-state index contributed by atoms with van der Waals surface area (Å²) in [5.41, 5.74) is 5.43. The van der Waals surface area contributed by atoms with E-state index >= 15 is 0 Å². The quantitative estimate of drug-likeness (QED) is 0.837. The van der Waals surface area contributed by atoms with Gasteiger partial charge < -0.3 is 14.9 Å². The number of carbonyl (C=O) groups is 3. The fourth-order valence-electron chi connectivity index (χ4n) is 1.94. The Hall–Kier alpha value is -2.83. The predicted molar refractivity (Wildman–Crippen MR) is 78.0 cm³/mol. The molecular formula is C15H16N2O5. The van der Waals surface area contributed by atoms with Gasteiger partial charge in [0.2, 0.25) is 5.76 Å². The van der Waals surface area contributed by atoms with Crippen molar-refractivity contribution in [2.24, 2.45) is 11.7 Å². The number of carbonyl (C=O) groups excluding carboxylic acids is 3. The largest absolute Gasteiger partial charge is 0.449 e. The molecule has 1 atom stereocenters. The summed E-state index contributed by atoms with van der Waals surface area (Å²) >= 11 is 0. The van der Waals surface area contributed by atoms with Crippen LogP contribution >= 0.6 is 0 Å². The van der Waals surface area contributed by atoms with Crippen molar-refractivity contribution >= 4 is 28.9 Å². The van der Waals surface area contributed by atoms with E-state index in [-0.39, 0.29) is 11.7 Å². The molecule has 3 N–H and O–H groups in total. The number of hydrogen-bond acceptors (Lipinski definition) is 5. The Kier molecular flexibility index (Phi) is 4.45. The zero-order valence-corrected chi connectivity index (χ0v) is 12.2. The van der Waals surface area contributed by atoms with E-state index in [1.165, 1.54) is 6.07 Å². The fourth-order valence-corrected chi connectivity index (χ4v) is 1.94. The van der Waals surface area contributed by atoms with E-state index in [2.05, 4.69) is 0 Å². The van der Waals surface area contributed by atoms with Crippen molar-refractivity contribution in [3.8, 4) is 0 Å².